The van der Waals surface area contributed by atoms with Gasteiger partial charge in [0.05, 0.1) is 23.5 Å². The topological polar surface area (TPSA) is 115 Å². The lowest BCUT2D eigenvalue weighted by Gasteiger charge is -2.53. The molecule has 0 amide bonds. The largest absolute Gasteiger partial charge is 0.504 e. The van der Waals surface area contributed by atoms with Crippen molar-refractivity contribution >= 4 is 11.6 Å². The summed E-state index contributed by atoms with van der Waals surface area (Å²) in [5.74, 6) is -3.64. The van der Waals surface area contributed by atoms with Crippen molar-refractivity contribution in [3.05, 3.63) is 11.3 Å². The first-order valence-electron chi connectivity index (χ1n) is 11.1. The van der Waals surface area contributed by atoms with E-state index >= 15 is 0 Å². The van der Waals surface area contributed by atoms with Crippen LogP contribution < -0.4 is 0 Å². The second-order valence-electron chi connectivity index (χ2n) is 9.30. The van der Waals surface area contributed by atoms with Crippen LogP contribution in [0.5, 0.6) is 0 Å². The monoisotopic (exact) mass is 410 g/mol. The highest BCUT2D eigenvalue weighted by atomic mass is 16.3. The first-order chi connectivity index (χ1) is 13.6. The zero-order valence-corrected chi connectivity index (χ0v) is 18.2. The van der Waals surface area contributed by atoms with Crippen LogP contribution in [-0.2, 0) is 9.59 Å². The van der Waals surface area contributed by atoms with Gasteiger partial charge in [0.25, 0.3) is 0 Å². The van der Waals surface area contributed by atoms with E-state index < -0.39 is 41.0 Å². The van der Waals surface area contributed by atoms with Crippen molar-refractivity contribution in [2.45, 2.75) is 84.8 Å². The summed E-state index contributed by atoms with van der Waals surface area (Å²) in [5.41, 5.74) is -0.921. The second kappa shape index (κ2) is 9.71. The molecule has 166 valence electrons. The molecule has 0 unspecified atom stereocenters. The normalized spacial score (nSPS) is 36.1. The number of aliphatic hydroxyl groups excluding tert-OH is 4. The van der Waals surface area contributed by atoms with Gasteiger partial charge in [-0.15, -0.1) is 0 Å². The second-order valence-corrected chi connectivity index (χ2v) is 9.30. The van der Waals surface area contributed by atoms with Gasteiger partial charge >= 0.3 is 0 Å². The fraction of sp³-hybridized carbons (Fsp3) is 0.826. The fourth-order valence-electron chi connectivity index (χ4n) is 5.72. The summed E-state index contributed by atoms with van der Waals surface area (Å²) in [6.45, 7) is 7.13. The quantitative estimate of drug-likeness (QED) is 0.435. The minimum Gasteiger partial charge on any atom is -0.504 e. The first-order valence-corrected chi connectivity index (χ1v) is 11.1. The highest BCUT2D eigenvalue weighted by Crippen LogP contribution is 2.55. The van der Waals surface area contributed by atoms with E-state index in [4.69, 9.17) is 0 Å². The molecule has 2 aliphatic carbocycles. The maximum atomic E-state index is 13.2. The Labute approximate surface area is 174 Å². The van der Waals surface area contributed by atoms with E-state index in [1.165, 1.54) is 0 Å². The molecule has 7 atom stereocenters. The molecular formula is C23H38O6. The van der Waals surface area contributed by atoms with Gasteiger partial charge in [-0.25, -0.2) is 0 Å². The van der Waals surface area contributed by atoms with Crippen molar-refractivity contribution in [2.24, 2.45) is 29.1 Å². The molecule has 0 aliphatic heterocycles. The van der Waals surface area contributed by atoms with Gasteiger partial charge in [-0.05, 0) is 37.2 Å². The van der Waals surface area contributed by atoms with Crippen LogP contribution in [0.2, 0.25) is 0 Å². The predicted molar refractivity (Wildman–Crippen MR) is 110 cm³/mol. The third kappa shape index (κ3) is 4.30. The first kappa shape index (κ1) is 24.0. The lowest BCUT2D eigenvalue weighted by atomic mass is 9.50. The molecule has 0 heterocycles. The van der Waals surface area contributed by atoms with Crippen molar-refractivity contribution in [1.82, 2.24) is 0 Å². The van der Waals surface area contributed by atoms with Gasteiger partial charge in [0.1, 0.15) is 5.78 Å². The maximum Gasteiger partial charge on any atom is 0.203 e. The lowest BCUT2D eigenvalue weighted by Crippen LogP contribution is -2.61. The number of ketones is 2. The van der Waals surface area contributed by atoms with Gasteiger partial charge in [-0.3, -0.25) is 9.59 Å². The zero-order valence-electron chi connectivity index (χ0n) is 18.2. The summed E-state index contributed by atoms with van der Waals surface area (Å²) >= 11 is 0. The van der Waals surface area contributed by atoms with Crippen molar-refractivity contribution < 1.29 is 30.0 Å². The van der Waals surface area contributed by atoms with Crippen LogP contribution in [0.4, 0.5) is 0 Å². The van der Waals surface area contributed by atoms with E-state index in [9.17, 15) is 30.0 Å². The van der Waals surface area contributed by atoms with Crippen molar-refractivity contribution in [1.29, 1.82) is 0 Å². The molecule has 4 N–H and O–H groups in total. The number of Topliss-reactive ketones (excluding diaryl/α,β-unsaturated/α-hetero) is 2. The summed E-state index contributed by atoms with van der Waals surface area (Å²) in [4.78, 5) is 26.3. The molecule has 0 saturated heterocycles. The average Bonchev–Trinajstić information content (AvgIpc) is 2.66. The van der Waals surface area contributed by atoms with Crippen molar-refractivity contribution in [3.8, 4) is 0 Å². The van der Waals surface area contributed by atoms with E-state index in [0.717, 1.165) is 32.1 Å². The molecule has 2 rings (SSSR count). The van der Waals surface area contributed by atoms with Crippen LogP contribution >= 0.6 is 0 Å². The van der Waals surface area contributed by atoms with E-state index in [-0.39, 0.29) is 37.1 Å². The summed E-state index contributed by atoms with van der Waals surface area (Å²) in [6.07, 6.45) is 3.08. The van der Waals surface area contributed by atoms with E-state index in [2.05, 4.69) is 6.92 Å². The van der Waals surface area contributed by atoms with E-state index in [1.807, 2.05) is 6.92 Å². The SMILES string of the molecule is CCCCCC[C@@H](C)C1=C(O)C(=O)[C@H]2[C@@H](O)[C@@H](C)C[C@@H](O)[C@@H]2[C@@]1(C)C(=O)CCO. The molecule has 0 aromatic heterocycles. The number of carbonyl (C=O) groups excluding carboxylic acids is 2. The van der Waals surface area contributed by atoms with Gasteiger partial charge in [0, 0.05) is 18.9 Å². The molecule has 0 aromatic carbocycles. The Hall–Kier alpha value is -1.24. The smallest absolute Gasteiger partial charge is 0.203 e. The number of fused-ring (bicyclic) bond motifs is 1. The van der Waals surface area contributed by atoms with Gasteiger partial charge in [0.2, 0.25) is 5.78 Å². The van der Waals surface area contributed by atoms with Crippen LogP contribution in [0.1, 0.15) is 72.6 Å². The summed E-state index contributed by atoms with van der Waals surface area (Å²) in [7, 11) is 0. The molecule has 0 aromatic rings. The lowest BCUT2D eigenvalue weighted by molar-refractivity contribution is -0.161. The van der Waals surface area contributed by atoms with Crippen LogP contribution in [0.15, 0.2) is 11.3 Å². The van der Waals surface area contributed by atoms with Crippen molar-refractivity contribution in [2.75, 3.05) is 6.61 Å². The third-order valence-electron chi connectivity index (χ3n) is 7.28. The fourth-order valence-corrected chi connectivity index (χ4v) is 5.72. The number of carbonyl (C=O) groups is 2. The minimum atomic E-state index is -1.30. The number of allylic oxidation sites excluding steroid dienone is 2. The highest BCUT2D eigenvalue weighted by Gasteiger charge is 2.61. The summed E-state index contributed by atoms with van der Waals surface area (Å²) in [5, 5.41) is 42.0. The Morgan fingerprint density at radius 1 is 1.24 bits per heavy atom. The molecule has 1 fully saturated rings. The number of hydrogen-bond donors (Lipinski definition) is 4. The Morgan fingerprint density at radius 2 is 1.90 bits per heavy atom. The number of hydrogen-bond acceptors (Lipinski definition) is 6. The summed E-state index contributed by atoms with van der Waals surface area (Å²) < 4.78 is 0. The number of unbranched alkanes of at least 4 members (excludes halogenated alkanes) is 3. The molecule has 6 heteroatoms. The van der Waals surface area contributed by atoms with Gasteiger partial charge in [0.15, 0.2) is 5.76 Å². The average molecular weight is 411 g/mol. The van der Waals surface area contributed by atoms with Crippen LogP contribution in [0.25, 0.3) is 0 Å². The van der Waals surface area contributed by atoms with E-state index in [0.29, 0.717) is 5.57 Å². The molecule has 29 heavy (non-hydrogen) atoms. The van der Waals surface area contributed by atoms with Crippen molar-refractivity contribution in [3.63, 3.8) is 0 Å². The Morgan fingerprint density at radius 3 is 2.48 bits per heavy atom. The molecular weight excluding hydrogens is 372 g/mol. The van der Waals surface area contributed by atoms with Crippen LogP contribution in [0, 0.1) is 29.1 Å². The third-order valence-corrected chi connectivity index (χ3v) is 7.28. The molecule has 1 saturated carbocycles. The molecule has 6 nitrogen and oxygen atoms in total. The molecule has 0 bridgehead atoms. The Balaban J connectivity index is 2.54. The zero-order chi connectivity index (χ0) is 21.9. The number of aliphatic hydroxyl groups is 4. The standard InChI is InChI=1S/C23H38O6/c1-5-6-7-8-9-13(2)18-22(29)21(28)17-19(15(25)12-14(3)20(17)27)23(18,4)16(26)10-11-24/h13-15,17,19-20,24-25,27,29H,5-12H2,1-4H3/t13-,14+,15-,17-,19+,20+,23+/m1/s1. The molecule has 0 spiro atoms. The molecule has 2 aliphatic rings. The molecule has 0 radical (unpaired) electrons. The van der Waals surface area contributed by atoms with Gasteiger partial charge in [-0.1, -0.05) is 46.5 Å². The Kier molecular flexibility index (Phi) is 8.05. The highest BCUT2D eigenvalue weighted by molar-refractivity contribution is 6.02. The van der Waals surface area contributed by atoms with Crippen LogP contribution in [0.3, 0.4) is 0 Å². The number of rotatable bonds is 9. The summed E-state index contributed by atoms with van der Waals surface area (Å²) in [6, 6.07) is 0. The van der Waals surface area contributed by atoms with Crippen LogP contribution in [-0.4, -0.2) is 50.8 Å². The maximum absolute atomic E-state index is 13.2. The van der Waals surface area contributed by atoms with Gasteiger partial charge in [-0.2, -0.15) is 0 Å². The Bertz CT molecular complexity index is 641. The van der Waals surface area contributed by atoms with E-state index in [1.54, 1.807) is 13.8 Å². The minimum absolute atomic E-state index is 0.119. The predicted octanol–water partition coefficient (Wildman–Crippen LogP) is 2.94. The van der Waals surface area contributed by atoms with Gasteiger partial charge < -0.3 is 20.4 Å².